The maximum absolute atomic E-state index is 4.39. The molecule has 0 amide bonds. The third-order valence-corrected chi connectivity index (χ3v) is 3.99. The lowest BCUT2D eigenvalue weighted by Gasteiger charge is -2.36. The number of piperazine rings is 1. The van der Waals surface area contributed by atoms with Gasteiger partial charge in [-0.1, -0.05) is 13.8 Å². The van der Waals surface area contributed by atoms with Crippen LogP contribution in [0.2, 0.25) is 0 Å². The zero-order chi connectivity index (χ0) is 14.8. The zero-order valence-electron chi connectivity index (χ0n) is 12.8. The van der Waals surface area contributed by atoms with E-state index in [-0.39, 0.29) is 0 Å². The molecule has 1 aliphatic rings. The van der Waals surface area contributed by atoms with Gasteiger partial charge in [-0.25, -0.2) is 0 Å². The topological polar surface area (TPSA) is 58.9 Å². The predicted octanol–water partition coefficient (Wildman–Crippen LogP) is 1.31. The van der Waals surface area contributed by atoms with Crippen molar-refractivity contribution in [2.45, 2.75) is 19.9 Å². The van der Waals surface area contributed by atoms with Gasteiger partial charge in [-0.2, -0.15) is 5.10 Å². The first-order chi connectivity index (χ1) is 10.1. The summed E-state index contributed by atoms with van der Waals surface area (Å²) in [4.78, 5) is 2.31. The molecule has 0 radical (unpaired) electrons. The minimum Gasteiger partial charge on any atom is -0.352 e. The van der Waals surface area contributed by atoms with Gasteiger partial charge in [0.1, 0.15) is 0 Å². The average molecular weight is 286 g/mol. The molecule has 1 atom stereocenters. The van der Waals surface area contributed by atoms with Crippen LogP contribution in [0.4, 0.5) is 5.82 Å². The second-order valence-corrected chi connectivity index (χ2v) is 5.93. The minimum absolute atomic E-state index is 0.513. The largest absolute Gasteiger partial charge is 0.352 e. The molecule has 0 aromatic carbocycles. The van der Waals surface area contributed by atoms with Gasteiger partial charge in [-0.15, -0.1) is 10.2 Å². The summed E-state index contributed by atoms with van der Waals surface area (Å²) >= 11 is 0. The van der Waals surface area contributed by atoms with Gasteiger partial charge in [0, 0.05) is 44.5 Å². The van der Waals surface area contributed by atoms with Crippen molar-refractivity contribution in [2.24, 2.45) is 13.0 Å². The van der Waals surface area contributed by atoms with E-state index in [9.17, 15) is 0 Å². The molecule has 21 heavy (non-hydrogen) atoms. The standard InChI is InChI=1S/C15H22N6/c1-11(2)14-10-21(7-6-16-14)15-5-4-13(18-19-15)12-8-17-20(3)9-12/h4-5,8-9,11,14,16H,6-7,10H2,1-3H3. The van der Waals surface area contributed by atoms with Gasteiger partial charge >= 0.3 is 0 Å². The molecule has 0 spiro atoms. The number of hydrogen-bond donors (Lipinski definition) is 1. The van der Waals surface area contributed by atoms with Crippen LogP contribution in [0.5, 0.6) is 0 Å². The minimum atomic E-state index is 0.513. The highest BCUT2D eigenvalue weighted by Crippen LogP contribution is 2.19. The van der Waals surface area contributed by atoms with Gasteiger partial charge in [0.25, 0.3) is 0 Å². The first-order valence-electron chi connectivity index (χ1n) is 7.44. The SMILES string of the molecule is CC(C)C1CN(c2ccc(-c3cnn(C)c3)nn2)CCN1. The molecule has 6 heteroatoms. The van der Waals surface area contributed by atoms with Crippen molar-refractivity contribution in [3.05, 3.63) is 24.5 Å². The van der Waals surface area contributed by atoms with E-state index in [1.165, 1.54) is 0 Å². The second-order valence-electron chi connectivity index (χ2n) is 5.93. The summed E-state index contributed by atoms with van der Waals surface area (Å²) in [6.45, 7) is 7.45. The number of rotatable bonds is 3. The van der Waals surface area contributed by atoms with Gasteiger partial charge in [-0.3, -0.25) is 4.68 Å². The second kappa shape index (κ2) is 5.81. The van der Waals surface area contributed by atoms with Crippen LogP contribution in [-0.2, 0) is 7.05 Å². The highest BCUT2D eigenvalue weighted by atomic mass is 15.3. The first-order valence-corrected chi connectivity index (χ1v) is 7.44. The fourth-order valence-corrected chi connectivity index (χ4v) is 2.63. The molecular weight excluding hydrogens is 264 g/mol. The molecule has 1 saturated heterocycles. The number of nitrogens with one attached hydrogen (secondary N) is 1. The molecule has 3 heterocycles. The Labute approximate surface area is 125 Å². The molecule has 112 valence electrons. The third kappa shape index (κ3) is 3.05. The molecule has 1 unspecified atom stereocenters. The Morgan fingerprint density at radius 2 is 2.14 bits per heavy atom. The van der Waals surface area contributed by atoms with Crippen LogP contribution in [0.1, 0.15) is 13.8 Å². The van der Waals surface area contributed by atoms with Crippen LogP contribution in [0, 0.1) is 5.92 Å². The monoisotopic (exact) mass is 286 g/mol. The fraction of sp³-hybridized carbons (Fsp3) is 0.533. The van der Waals surface area contributed by atoms with Crippen LogP contribution >= 0.6 is 0 Å². The summed E-state index contributed by atoms with van der Waals surface area (Å²) < 4.78 is 1.77. The van der Waals surface area contributed by atoms with Crippen molar-refractivity contribution in [2.75, 3.05) is 24.5 Å². The smallest absolute Gasteiger partial charge is 0.151 e. The van der Waals surface area contributed by atoms with E-state index in [4.69, 9.17) is 0 Å². The van der Waals surface area contributed by atoms with Gasteiger partial charge in [0.05, 0.1) is 11.9 Å². The van der Waals surface area contributed by atoms with Crippen LogP contribution < -0.4 is 10.2 Å². The summed E-state index contributed by atoms with van der Waals surface area (Å²) in [6.07, 6.45) is 3.76. The number of nitrogens with zero attached hydrogens (tertiary/aromatic N) is 5. The predicted molar refractivity (Wildman–Crippen MR) is 83.1 cm³/mol. The van der Waals surface area contributed by atoms with Gasteiger partial charge in [-0.05, 0) is 18.1 Å². The Kier molecular flexibility index (Phi) is 3.88. The molecule has 3 rings (SSSR count). The van der Waals surface area contributed by atoms with Crippen LogP contribution in [-0.4, -0.2) is 45.7 Å². The van der Waals surface area contributed by atoms with E-state index < -0.39 is 0 Å². The summed E-state index contributed by atoms with van der Waals surface area (Å²) in [6, 6.07) is 4.59. The number of anilines is 1. The molecule has 0 saturated carbocycles. The van der Waals surface area contributed by atoms with Crippen molar-refractivity contribution in [1.29, 1.82) is 0 Å². The summed E-state index contributed by atoms with van der Waals surface area (Å²) in [5.74, 6) is 1.57. The first kappa shape index (κ1) is 14.0. The lowest BCUT2D eigenvalue weighted by molar-refractivity contribution is 0.367. The number of aromatic nitrogens is 4. The zero-order valence-corrected chi connectivity index (χ0v) is 12.8. The van der Waals surface area contributed by atoms with E-state index in [0.29, 0.717) is 12.0 Å². The third-order valence-electron chi connectivity index (χ3n) is 3.99. The van der Waals surface area contributed by atoms with Crippen LogP contribution in [0.3, 0.4) is 0 Å². The summed E-state index contributed by atoms with van der Waals surface area (Å²) in [5.41, 5.74) is 1.86. The fourth-order valence-electron chi connectivity index (χ4n) is 2.63. The normalized spacial score (nSPS) is 19.2. The van der Waals surface area contributed by atoms with E-state index in [1.807, 2.05) is 25.5 Å². The lowest BCUT2D eigenvalue weighted by atomic mass is 10.0. The number of aryl methyl sites for hydroxylation is 1. The Morgan fingerprint density at radius 1 is 1.29 bits per heavy atom. The van der Waals surface area contributed by atoms with Crippen LogP contribution in [0.15, 0.2) is 24.5 Å². The number of hydrogen-bond acceptors (Lipinski definition) is 5. The highest BCUT2D eigenvalue weighted by molar-refractivity contribution is 5.57. The van der Waals surface area contributed by atoms with Crippen molar-refractivity contribution < 1.29 is 0 Å². The Morgan fingerprint density at radius 3 is 2.76 bits per heavy atom. The van der Waals surface area contributed by atoms with E-state index in [2.05, 4.69) is 45.4 Å². The highest BCUT2D eigenvalue weighted by Gasteiger charge is 2.22. The van der Waals surface area contributed by atoms with Crippen molar-refractivity contribution >= 4 is 5.82 Å². The Balaban J connectivity index is 1.74. The summed E-state index contributed by atoms with van der Waals surface area (Å²) in [7, 11) is 1.90. The van der Waals surface area contributed by atoms with Gasteiger partial charge in [0.2, 0.25) is 0 Å². The van der Waals surface area contributed by atoms with Crippen molar-refractivity contribution in [3.8, 4) is 11.3 Å². The molecular formula is C15H22N6. The summed E-state index contributed by atoms with van der Waals surface area (Å²) in [5, 5.41) is 16.5. The van der Waals surface area contributed by atoms with Gasteiger partial charge < -0.3 is 10.2 Å². The van der Waals surface area contributed by atoms with Gasteiger partial charge in [0.15, 0.2) is 5.82 Å². The van der Waals surface area contributed by atoms with Crippen molar-refractivity contribution in [1.82, 2.24) is 25.3 Å². The molecule has 6 nitrogen and oxygen atoms in total. The maximum Gasteiger partial charge on any atom is 0.151 e. The molecule has 1 N–H and O–H groups in total. The Hall–Kier alpha value is -1.95. The quantitative estimate of drug-likeness (QED) is 0.922. The molecule has 2 aromatic heterocycles. The van der Waals surface area contributed by atoms with Crippen molar-refractivity contribution in [3.63, 3.8) is 0 Å². The maximum atomic E-state index is 4.39. The molecule has 1 fully saturated rings. The molecule has 2 aromatic rings. The molecule has 1 aliphatic heterocycles. The van der Waals surface area contributed by atoms with Crippen LogP contribution in [0.25, 0.3) is 11.3 Å². The van der Waals surface area contributed by atoms with E-state index >= 15 is 0 Å². The Bertz CT molecular complexity index is 588. The van der Waals surface area contributed by atoms with E-state index in [1.54, 1.807) is 4.68 Å². The molecule has 0 aliphatic carbocycles. The lowest BCUT2D eigenvalue weighted by Crippen LogP contribution is -2.53. The molecule has 0 bridgehead atoms. The average Bonchev–Trinajstić information content (AvgIpc) is 2.94. The van der Waals surface area contributed by atoms with E-state index in [0.717, 1.165) is 36.7 Å².